The minimum atomic E-state index is 0.502. The first kappa shape index (κ1) is 8.88. The molecule has 0 saturated carbocycles. The van der Waals surface area contributed by atoms with Crippen molar-refractivity contribution in [2.45, 2.75) is 26.3 Å². The highest BCUT2D eigenvalue weighted by Crippen LogP contribution is 2.28. The van der Waals surface area contributed by atoms with Crippen LogP contribution in [-0.4, -0.2) is 6.04 Å². The molecule has 0 aliphatic heterocycles. The third-order valence-electron chi connectivity index (χ3n) is 1.63. The fourth-order valence-corrected chi connectivity index (χ4v) is 1.61. The van der Waals surface area contributed by atoms with E-state index in [2.05, 4.69) is 19.2 Å². The van der Waals surface area contributed by atoms with Gasteiger partial charge in [-0.3, -0.25) is 0 Å². The largest absolute Gasteiger partial charge is 0.381 e. The van der Waals surface area contributed by atoms with Crippen molar-refractivity contribution >= 4 is 28.6 Å². The molecule has 1 heterocycles. The van der Waals surface area contributed by atoms with E-state index in [0.717, 1.165) is 16.4 Å². The lowest BCUT2D eigenvalue weighted by Gasteiger charge is -2.10. The molecule has 1 nitrogen and oxygen atoms in total. The molecule has 1 rings (SSSR count). The Balaban J connectivity index is 2.56. The summed E-state index contributed by atoms with van der Waals surface area (Å²) in [5, 5.41) is 5.31. The number of hydrogen-bond donors (Lipinski definition) is 1. The van der Waals surface area contributed by atoms with Crippen LogP contribution < -0.4 is 5.32 Å². The summed E-state index contributed by atoms with van der Waals surface area (Å²) < 4.78 is 0.852. The zero-order chi connectivity index (χ0) is 8.27. The Labute approximate surface area is 76.4 Å². The zero-order valence-electron chi connectivity index (χ0n) is 6.73. The maximum absolute atomic E-state index is 5.90. The van der Waals surface area contributed by atoms with Gasteiger partial charge in [-0.1, -0.05) is 18.5 Å². The van der Waals surface area contributed by atoms with Gasteiger partial charge in [0.05, 0.1) is 5.69 Å². The summed E-state index contributed by atoms with van der Waals surface area (Å²) in [5.41, 5.74) is 1.06. The van der Waals surface area contributed by atoms with E-state index in [4.69, 9.17) is 11.6 Å². The van der Waals surface area contributed by atoms with Crippen molar-refractivity contribution in [3.05, 3.63) is 15.8 Å². The fourth-order valence-electron chi connectivity index (χ4n) is 0.763. The van der Waals surface area contributed by atoms with E-state index in [1.165, 1.54) is 0 Å². The van der Waals surface area contributed by atoms with Gasteiger partial charge >= 0.3 is 0 Å². The van der Waals surface area contributed by atoms with Crippen molar-refractivity contribution in [3.63, 3.8) is 0 Å². The van der Waals surface area contributed by atoms with Gasteiger partial charge in [-0.05, 0) is 24.8 Å². The van der Waals surface area contributed by atoms with Crippen LogP contribution in [0.15, 0.2) is 11.4 Å². The van der Waals surface area contributed by atoms with E-state index in [0.29, 0.717) is 6.04 Å². The summed E-state index contributed by atoms with van der Waals surface area (Å²) in [4.78, 5) is 0. The molecule has 62 valence electrons. The van der Waals surface area contributed by atoms with E-state index in [1.807, 2.05) is 11.4 Å². The lowest BCUT2D eigenvalue weighted by Crippen LogP contribution is -2.12. The molecule has 3 heteroatoms. The van der Waals surface area contributed by atoms with E-state index >= 15 is 0 Å². The van der Waals surface area contributed by atoms with Crippen LogP contribution in [0.1, 0.15) is 20.3 Å². The molecule has 1 unspecified atom stereocenters. The Hall–Kier alpha value is -0.210. The van der Waals surface area contributed by atoms with Gasteiger partial charge in [0.15, 0.2) is 0 Å². The zero-order valence-corrected chi connectivity index (χ0v) is 8.30. The van der Waals surface area contributed by atoms with Crippen LogP contribution in [-0.2, 0) is 0 Å². The summed E-state index contributed by atoms with van der Waals surface area (Å²) in [5.74, 6) is 0. The van der Waals surface area contributed by atoms with Crippen LogP contribution in [0, 0.1) is 0 Å². The number of anilines is 1. The molecule has 0 aromatic carbocycles. The maximum atomic E-state index is 5.90. The third kappa shape index (κ3) is 2.38. The highest BCUT2D eigenvalue weighted by Gasteiger charge is 2.03. The van der Waals surface area contributed by atoms with Gasteiger partial charge in [0.2, 0.25) is 0 Å². The van der Waals surface area contributed by atoms with Gasteiger partial charge in [0.1, 0.15) is 4.34 Å². The van der Waals surface area contributed by atoms with Crippen LogP contribution in [0.4, 0.5) is 5.69 Å². The second-order valence-electron chi connectivity index (χ2n) is 2.56. The molecule has 1 atom stereocenters. The van der Waals surface area contributed by atoms with E-state index in [9.17, 15) is 0 Å². The van der Waals surface area contributed by atoms with Crippen molar-refractivity contribution in [3.8, 4) is 0 Å². The fraction of sp³-hybridized carbons (Fsp3) is 0.500. The average Bonchev–Trinajstić information content (AvgIpc) is 2.37. The molecule has 0 radical (unpaired) electrons. The summed E-state index contributed by atoms with van der Waals surface area (Å²) in [6.07, 6.45) is 1.12. The predicted molar refractivity (Wildman–Crippen MR) is 52.7 cm³/mol. The average molecular weight is 190 g/mol. The molecule has 1 aromatic rings. The van der Waals surface area contributed by atoms with E-state index in [-0.39, 0.29) is 0 Å². The predicted octanol–water partition coefficient (Wildman–Crippen LogP) is 3.61. The number of hydrogen-bond acceptors (Lipinski definition) is 2. The minimum absolute atomic E-state index is 0.502. The first-order chi connectivity index (χ1) is 5.24. The van der Waals surface area contributed by atoms with Crippen molar-refractivity contribution < 1.29 is 0 Å². The number of thiophene rings is 1. The van der Waals surface area contributed by atoms with Crippen LogP contribution in [0.3, 0.4) is 0 Å². The van der Waals surface area contributed by atoms with Crippen LogP contribution in [0.25, 0.3) is 0 Å². The van der Waals surface area contributed by atoms with Gasteiger partial charge in [-0.25, -0.2) is 0 Å². The van der Waals surface area contributed by atoms with E-state index in [1.54, 1.807) is 11.3 Å². The van der Waals surface area contributed by atoms with Crippen molar-refractivity contribution in [2.75, 3.05) is 5.32 Å². The molecule has 1 aromatic heterocycles. The molecule has 0 aliphatic rings. The first-order valence-electron chi connectivity index (χ1n) is 3.73. The molecule has 0 amide bonds. The van der Waals surface area contributed by atoms with E-state index < -0.39 is 0 Å². The molecule has 11 heavy (non-hydrogen) atoms. The van der Waals surface area contributed by atoms with Gasteiger partial charge in [0.25, 0.3) is 0 Å². The molecule has 0 saturated heterocycles. The Morgan fingerprint density at radius 1 is 1.73 bits per heavy atom. The van der Waals surface area contributed by atoms with Crippen LogP contribution in [0.5, 0.6) is 0 Å². The quantitative estimate of drug-likeness (QED) is 0.766. The van der Waals surface area contributed by atoms with Crippen molar-refractivity contribution in [1.29, 1.82) is 0 Å². The standard InChI is InChI=1S/C8H12ClNS/c1-3-6(2)10-7-4-5-11-8(7)9/h4-6,10H,3H2,1-2H3. The summed E-state index contributed by atoms with van der Waals surface area (Å²) in [6.45, 7) is 4.30. The van der Waals surface area contributed by atoms with Gasteiger partial charge in [-0.15, -0.1) is 11.3 Å². The lowest BCUT2D eigenvalue weighted by atomic mass is 10.2. The second-order valence-corrected chi connectivity index (χ2v) is 4.08. The lowest BCUT2D eigenvalue weighted by molar-refractivity contribution is 0.765. The topological polar surface area (TPSA) is 12.0 Å². The minimum Gasteiger partial charge on any atom is -0.381 e. The summed E-state index contributed by atoms with van der Waals surface area (Å²) in [6, 6.07) is 2.51. The second kappa shape index (κ2) is 3.98. The first-order valence-corrected chi connectivity index (χ1v) is 4.99. The normalized spacial score (nSPS) is 13.0. The Bertz CT molecular complexity index is 222. The molecule has 0 bridgehead atoms. The molecular weight excluding hydrogens is 178 g/mol. The third-order valence-corrected chi connectivity index (χ3v) is 2.80. The summed E-state index contributed by atoms with van der Waals surface area (Å²) in [7, 11) is 0. The van der Waals surface area contributed by atoms with Gasteiger partial charge in [-0.2, -0.15) is 0 Å². The van der Waals surface area contributed by atoms with Crippen LogP contribution >= 0.6 is 22.9 Å². The van der Waals surface area contributed by atoms with Gasteiger partial charge < -0.3 is 5.32 Å². The SMILES string of the molecule is CCC(C)Nc1ccsc1Cl. The molecule has 0 spiro atoms. The van der Waals surface area contributed by atoms with Crippen molar-refractivity contribution in [1.82, 2.24) is 0 Å². The van der Waals surface area contributed by atoms with Gasteiger partial charge in [0, 0.05) is 6.04 Å². The maximum Gasteiger partial charge on any atom is 0.116 e. The highest BCUT2D eigenvalue weighted by molar-refractivity contribution is 7.15. The Kier molecular flexibility index (Phi) is 3.21. The smallest absolute Gasteiger partial charge is 0.116 e. The molecule has 0 aliphatic carbocycles. The number of rotatable bonds is 3. The number of nitrogens with one attached hydrogen (secondary N) is 1. The molecule has 0 fully saturated rings. The molecular formula is C8H12ClNS. The molecule has 1 N–H and O–H groups in total. The Morgan fingerprint density at radius 3 is 2.91 bits per heavy atom. The highest BCUT2D eigenvalue weighted by atomic mass is 35.5. The monoisotopic (exact) mass is 189 g/mol. The Morgan fingerprint density at radius 2 is 2.45 bits per heavy atom. The number of halogens is 1. The summed E-state index contributed by atoms with van der Waals surface area (Å²) >= 11 is 7.46. The van der Waals surface area contributed by atoms with Crippen molar-refractivity contribution in [2.24, 2.45) is 0 Å². The van der Waals surface area contributed by atoms with Crippen LogP contribution in [0.2, 0.25) is 4.34 Å².